The van der Waals surface area contributed by atoms with Crippen LogP contribution in [-0.4, -0.2) is 16.7 Å². The Kier molecular flexibility index (Phi) is 7.16. The smallest absolute Gasteiger partial charge is 0.0484 e. The zero-order chi connectivity index (χ0) is 19.6. The Morgan fingerprint density at radius 1 is 1.14 bits per heavy atom. The SMILES string of the molecule is C.CCc1ccnc(CC[C@@H]2CCc3cc([C@H]4CC[C@](C)(CO)C4)ccc3C2)c1. The molecule has 0 amide bonds. The van der Waals surface area contributed by atoms with Gasteiger partial charge in [0.1, 0.15) is 0 Å². The maximum absolute atomic E-state index is 9.67. The average molecular weight is 394 g/mol. The highest BCUT2D eigenvalue weighted by Crippen LogP contribution is 2.46. The van der Waals surface area contributed by atoms with E-state index in [1.54, 1.807) is 11.1 Å². The molecule has 0 spiro atoms. The monoisotopic (exact) mass is 393 g/mol. The number of hydrogen-bond acceptors (Lipinski definition) is 2. The van der Waals surface area contributed by atoms with Crippen LogP contribution in [-0.2, 0) is 25.7 Å². The first-order valence-corrected chi connectivity index (χ1v) is 11.2. The number of hydrogen-bond donors (Lipinski definition) is 1. The molecule has 2 aliphatic carbocycles. The second-order valence-corrected chi connectivity index (χ2v) is 9.59. The van der Waals surface area contributed by atoms with Crippen molar-refractivity contribution in [3.63, 3.8) is 0 Å². The summed E-state index contributed by atoms with van der Waals surface area (Å²) in [4.78, 5) is 4.57. The molecule has 1 aromatic heterocycles. The summed E-state index contributed by atoms with van der Waals surface area (Å²) in [6.45, 7) is 4.77. The van der Waals surface area contributed by atoms with Crippen molar-refractivity contribution in [2.24, 2.45) is 11.3 Å². The molecular weight excluding hydrogens is 354 g/mol. The minimum Gasteiger partial charge on any atom is -0.396 e. The summed E-state index contributed by atoms with van der Waals surface area (Å²) in [5.41, 5.74) is 7.45. The van der Waals surface area contributed by atoms with E-state index in [1.807, 2.05) is 6.20 Å². The lowest BCUT2D eigenvalue weighted by Gasteiger charge is -2.26. The number of aromatic nitrogens is 1. The first-order valence-electron chi connectivity index (χ1n) is 11.2. The number of fused-ring (bicyclic) bond motifs is 1. The lowest BCUT2D eigenvalue weighted by Crippen LogP contribution is -2.17. The normalized spacial score (nSPS) is 26.0. The first-order chi connectivity index (χ1) is 13.6. The van der Waals surface area contributed by atoms with E-state index in [0.717, 1.165) is 31.6 Å². The first kappa shape index (κ1) is 22.0. The second kappa shape index (κ2) is 9.43. The Morgan fingerprint density at radius 3 is 2.76 bits per heavy atom. The zero-order valence-electron chi connectivity index (χ0n) is 17.6. The summed E-state index contributed by atoms with van der Waals surface area (Å²) in [5, 5.41) is 9.67. The molecule has 2 aromatic rings. The van der Waals surface area contributed by atoms with Crippen molar-refractivity contribution in [1.29, 1.82) is 0 Å². The van der Waals surface area contributed by atoms with Crippen LogP contribution in [0.15, 0.2) is 36.5 Å². The highest BCUT2D eigenvalue weighted by molar-refractivity contribution is 5.36. The van der Waals surface area contributed by atoms with E-state index >= 15 is 0 Å². The molecule has 3 atom stereocenters. The Hall–Kier alpha value is -1.67. The van der Waals surface area contributed by atoms with Crippen LogP contribution in [0.4, 0.5) is 0 Å². The Morgan fingerprint density at radius 2 is 2.00 bits per heavy atom. The molecule has 1 aromatic carbocycles. The maximum Gasteiger partial charge on any atom is 0.0484 e. The highest BCUT2D eigenvalue weighted by atomic mass is 16.3. The van der Waals surface area contributed by atoms with Crippen LogP contribution in [0.1, 0.15) is 87.2 Å². The van der Waals surface area contributed by atoms with Gasteiger partial charge in [-0.3, -0.25) is 4.98 Å². The van der Waals surface area contributed by atoms with E-state index in [4.69, 9.17) is 0 Å². The number of aliphatic hydroxyl groups is 1. The lowest BCUT2D eigenvalue weighted by molar-refractivity contribution is 0.147. The van der Waals surface area contributed by atoms with Gasteiger partial charge in [0.15, 0.2) is 0 Å². The van der Waals surface area contributed by atoms with Crippen LogP contribution in [0.2, 0.25) is 0 Å². The molecule has 1 N–H and O–H groups in total. The van der Waals surface area contributed by atoms with Crippen LogP contribution in [0.25, 0.3) is 0 Å². The number of pyridine rings is 1. The molecule has 1 fully saturated rings. The van der Waals surface area contributed by atoms with E-state index in [-0.39, 0.29) is 12.8 Å². The predicted molar refractivity (Wildman–Crippen MR) is 122 cm³/mol. The van der Waals surface area contributed by atoms with E-state index in [0.29, 0.717) is 12.5 Å². The molecule has 1 heterocycles. The highest BCUT2D eigenvalue weighted by Gasteiger charge is 2.35. The molecule has 0 unspecified atom stereocenters. The Bertz CT molecular complexity index is 814. The minimum atomic E-state index is 0. The maximum atomic E-state index is 9.67. The number of rotatable bonds is 6. The van der Waals surface area contributed by atoms with Gasteiger partial charge >= 0.3 is 0 Å². The van der Waals surface area contributed by atoms with E-state index in [1.165, 1.54) is 48.9 Å². The quantitative estimate of drug-likeness (QED) is 0.626. The summed E-state index contributed by atoms with van der Waals surface area (Å²) >= 11 is 0. The van der Waals surface area contributed by atoms with E-state index < -0.39 is 0 Å². The molecule has 0 saturated heterocycles. The summed E-state index contributed by atoms with van der Waals surface area (Å²) in [6.07, 6.45) is 12.7. The third kappa shape index (κ3) is 5.09. The van der Waals surface area contributed by atoms with Crippen LogP contribution >= 0.6 is 0 Å². The van der Waals surface area contributed by atoms with Gasteiger partial charge in [0.25, 0.3) is 0 Å². The topological polar surface area (TPSA) is 33.1 Å². The van der Waals surface area contributed by atoms with Crippen molar-refractivity contribution < 1.29 is 5.11 Å². The van der Waals surface area contributed by atoms with Gasteiger partial charge in [0.2, 0.25) is 0 Å². The summed E-state index contributed by atoms with van der Waals surface area (Å²) in [6, 6.07) is 11.7. The summed E-state index contributed by atoms with van der Waals surface area (Å²) in [5.74, 6) is 1.42. The molecule has 0 aliphatic heterocycles. The van der Waals surface area contributed by atoms with Gasteiger partial charge in [-0.25, -0.2) is 0 Å². The average Bonchev–Trinajstić information content (AvgIpc) is 3.14. The largest absolute Gasteiger partial charge is 0.396 e. The fourth-order valence-corrected chi connectivity index (χ4v) is 5.34. The second-order valence-electron chi connectivity index (χ2n) is 9.59. The van der Waals surface area contributed by atoms with Crippen LogP contribution in [0.3, 0.4) is 0 Å². The van der Waals surface area contributed by atoms with Crippen LogP contribution < -0.4 is 0 Å². The molecular formula is C27H39NO. The molecule has 1 saturated carbocycles. The fraction of sp³-hybridized carbons (Fsp3) is 0.593. The standard InChI is InChI=1S/C26H35NO.CH4/c1-3-19-11-13-27-25(15-19)9-5-20-4-6-22-16-23(8-7-21(22)14-20)24-10-12-26(2,17-24)18-28;/h7-8,11,13,15-16,20,24,28H,3-6,9-10,12,14,17-18H2,1-2H3;1H4/t20-,24-,26-;/m0./s1. The van der Waals surface area contributed by atoms with Crippen molar-refractivity contribution in [3.8, 4) is 0 Å². The van der Waals surface area contributed by atoms with Crippen molar-refractivity contribution in [3.05, 3.63) is 64.5 Å². The minimum absolute atomic E-state index is 0. The van der Waals surface area contributed by atoms with Crippen molar-refractivity contribution in [2.75, 3.05) is 6.61 Å². The fourth-order valence-electron chi connectivity index (χ4n) is 5.34. The number of aliphatic hydroxyl groups excluding tert-OH is 1. The Labute approximate surface area is 177 Å². The number of aryl methyl sites for hydroxylation is 3. The van der Waals surface area contributed by atoms with Gasteiger partial charge in [-0.15, -0.1) is 0 Å². The van der Waals surface area contributed by atoms with Gasteiger partial charge in [0, 0.05) is 18.5 Å². The lowest BCUT2D eigenvalue weighted by atomic mass is 9.79. The molecule has 0 bridgehead atoms. The summed E-state index contributed by atoms with van der Waals surface area (Å²) < 4.78 is 0. The Balaban J connectivity index is 0.00000240. The van der Waals surface area contributed by atoms with Gasteiger partial charge in [0.05, 0.1) is 0 Å². The predicted octanol–water partition coefficient (Wildman–Crippen LogP) is 6.28. The van der Waals surface area contributed by atoms with E-state index in [2.05, 4.69) is 49.2 Å². The van der Waals surface area contributed by atoms with Gasteiger partial charge in [-0.2, -0.15) is 0 Å². The van der Waals surface area contributed by atoms with Gasteiger partial charge in [-0.1, -0.05) is 39.5 Å². The van der Waals surface area contributed by atoms with Crippen molar-refractivity contribution in [1.82, 2.24) is 4.98 Å². The van der Waals surface area contributed by atoms with Crippen molar-refractivity contribution >= 4 is 0 Å². The number of benzene rings is 1. The van der Waals surface area contributed by atoms with Crippen LogP contribution in [0, 0.1) is 11.3 Å². The molecule has 4 rings (SSSR count). The molecule has 2 nitrogen and oxygen atoms in total. The molecule has 29 heavy (non-hydrogen) atoms. The molecule has 158 valence electrons. The molecule has 0 radical (unpaired) electrons. The molecule has 2 aliphatic rings. The zero-order valence-corrected chi connectivity index (χ0v) is 17.6. The van der Waals surface area contributed by atoms with Gasteiger partial charge < -0.3 is 5.11 Å². The molecule has 2 heteroatoms. The van der Waals surface area contributed by atoms with Gasteiger partial charge in [-0.05, 0) is 109 Å². The van der Waals surface area contributed by atoms with Crippen molar-refractivity contribution in [2.45, 2.75) is 85.0 Å². The number of nitrogens with zero attached hydrogens (tertiary/aromatic N) is 1. The van der Waals surface area contributed by atoms with E-state index in [9.17, 15) is 5.11 Å². The third-order valence-electron chi connectivity index (χ3n) is 7.35. The van der Waals surface area contributed by atoms with Crippen LogP contribution in [0.5, 0.6) is 0 Å². The third-order valence-corrected chi connectivity index (χ3v) is 7.35. The summed E-state index contributed by atoms with van der Waals surface area (Å²) in [7, 11) is 0.